The Hall–Kier alpha value is -2.81. The summed E-state index contributed by atoms with van der Waals surface area (Å²) in [6.45, 7) is 0. The average Bonchev–Trinajstić information content (AvgIpc) is 2.81. The van der Waals surface area contributed by atoms with Gasteiger partial charge < -0.3 is 0 Å². The molecule has 0 saturated carbocycles. The van der Waals surface area contributed by atoms with E-state index in [0.29, 0.717) is 16.3 Å². The molecule has 0 radical (unpaired) electrons. The van der Waals surface area contributed by atoms with Crippen LogP contribution >= 0.6 is 11.6 Å². The van der Waals surface area contributed by atoms with Gasteiger partial charge in [-0.1, -0.05) is 11.6 Å². The molecule has 0 bridgehead atoms. The second-order valence-electron chi connectivity index (χ2n) is 3.31. The van der Waals surface area contributed by atoms with Crippen LogP contribution in [0.15, 0.2) is 24.5 Å². The van der Waals surface area contributed by atoms with Crippen LogP contribution in [0.5, 0.6) is 0 Å². The van der Waals surface area contributed by atoms with Crippen molar-refractivity contribution in [1.82, 2.24) is 9.55 Å². The van der Waals surface area contributed by atoms with E-state index >= 15 is 0 Å². The predicted molar refractivity (Wildman–Crippen MR) is 62.7 cm³/mol. The third-order valence-corrected chi connectivity index (χ3v) is 2.62. The first-order chi connectivity index (χ1) is 8.71. The van der Waals surface area contributed by atoms with E-state index in [2.05, 4.69) is 4.98 Å². The van der Waals surface area contributed by atoms with Crippen LogP contribution in [0.2, 0.25) is 5.02 Å². The van der Waals surface area contributed by atoms with E-state index in [1.54, 1.807) is 12.1 Å². The van der Waals surface area contributed by atoms with Crippen LogP contribution in [-0.2, 0) is 0 Å². The molecule has 2 aromatic rings. The molecule has 0 amide bonds. The van der Waals surface area contributed by atoms with Crippen molar-refractivity contribution in [1.29, 1.82) is 15.8 Å². The summed E-state index contributed by atoms with van der Waals surface area (Å²) in [5.41, 5.74) is 1.08. The van der Waals surface area contributed by atoms with Gasteiger partial charge in [-0.2, -0.15) is 15.8 Å². The maximum absolute atomic E-state index is 9.01. The SMILES string of the molecule is N#Cc1ccc(-n2cnc(C#N)c2C#N)c(Cl)c1. The molecule has 0 aliphatic rings. The number of aromatic nitrogens is 2. The second-order valence-corrected chi connectivity index (χ2v) is 3.72. The first kappa shape index (κ1) is 11.7. The van der Waals surface area contributed by atoms with Gasteiger partial charge in [-0.05, 0) is 18.2 Å². The Kier molecular flexibility index (Phi) is 2.98. The lowest BCUT2D eigenvalue weighted by molar-refractivity contribution is 1.03. The molecule has 18 heavy (non-hydrogen) atoms. The van der Waals surface area contributed by atoms with Crippen LogP contribution in [-0.4, -0.2) is 9.55 Å². The molecular weight excluding hydrogens is 250 g/mol. The molecule has 2 rings (SSSR count). The highest BCUT2D eigenvalue weighted by Gasteiger charge is 2.13. The van der Waals surface area contributed by atoms with E-state index in [1.807, 2.05) is 18.2 Å². The molecule has 0 aliphatic heterocycles. The van der Waals surface area contributed by atoms with E-state index in [4.69, 9.17) is 27.4 Å². The molecule has 0 N–H and O–H groups in total. The quantitative estimate of drug-likeness (QED) is 0.779. The summed E-state index contributed by atoms with van der Waals surface area (Å²) in [4.78, 5) is 3.82. The average molecular weight is 254 g/mol. The summed E-state index contributed by atoms with van der Waals surface area (Å²) in [5.74, 6) is 0. The van der Waals surface area contributed by atoms with Crippen LogP contribution in [0.4, 0.5) is 0 Å². The third-order valence-electron chi connectivity index (χ3n) is 2.32. The number of hydrogen-bond acceptors (Lipinski definition) is 4. The summed E-state index contributed by atoms with van der Waals surface area (Å²) in [5, 5.41) is 26.9. The highest BCUT2D eigenvalue weighted by atomic mass is 35.5. The van der Waals surface area contributed by atoms with Crippen molar-refractivity contribution in [3.8, 4) is 23.9 Å². The van der Waals surface area contributed by atoms with Crippen molar-refractivity contribution in [2.45, 2.75) is 0 Å². The van der Waals surface area contributed by atoms with Crippen molar-refractivity contribution in [3.63, 3.8) is 0 Å². The lowest BCUT2D eigenvalue weighted by atomic mass is 10.2. The highest BCUT2D eigenvalue weighted by Crippen LogP contribution is 2.23. The minimum absolute atomic E-state index is 0.0397. The van der Waals surface area contributed by atoms with Crippen molar-refractivity contribution in [3.05, 3.63) is 46.5 Å². The number of benzene rings is 1. The van der Waals surface area contributed by atoms with Crippen LogP contribution in [0.25, 0.3) is 5.69 Å². The lowest BCUT2D eigenvalue weighted by Crippen LogP contribution is -1.97. The molecule has 0 unspecified atom stereocenters. The van der Waals surface area contributed by atoms with Crippen LogP contribution in [0.1, 0.15) is 17.0 Å². The van der Waals surface area contributed by atoms with E-state index in [-0.39, 0.29) is 11.4 Å². The zero-order valence-electron chi connectivity index (χ0n) is 8.92. The van der Waals surface area contributed by atoms with Gasteiger partial charge in [0.25, 0.3) is 0 Å². The Morgan fingerprint density at radius 1 is 1.11 bits per heavy atom. The maximum atomic E-state index is 9.01. The summed E-state index contributed by atoms with van der Waals surface area (Å²) < 4.78 is 1.42. The molecule has 5 nitrogen and oxygen atoms in total. The number of rotatable bonds is 1. The monoisotopic (exact) mass is 253 g/mol. The Bertz CT molecular complexity index is 739. The van der Waals surface area contributed by atoms with Gasteiger partial charge in [-0.3, -0.25) is 4.57 Å². The van der Waals surface area contributed by atoms with Gasteiger partial charge in [-0.15, -0.1) is 0 Å². The molecule has 0 atom stereocenters. The smallest absolute Gasteiger partial charge is 0.177 e. The molecular formula is C12H4ClN5. The largest absolute Gasteiger partial charge is 0.288 e. The molecule has 0 fully saturated rings. The maximum Gasteiger partial charge on any atom is 0.177 e. The zero-order valence-corrected chi connectivity index (χ0v) is 9.68. The number of hydrogen-bond donors (Lipinski definition) is 0. The van der Waals surface area contributed by atoms with Crippen LogP contribution < -0.4 is 0 Å². The molecule has 6 heteroatoms. The normalized spacial score (nSPS) is 9.22. The number of halogens is 1. The third kappa shape index (κ3) is 1.78. The zero-order chi connectivity index (χ0) is 13.1. The molecule has 0 spiro atoms. The lowest BCUT2D eigenvalue weighted by Gasteiger charge is -2.06. The summed E-state index contributed by atoms with van der Waals surface area (Å²) in [6.07, 6.45) is 1.35. The Labute approximate surface area is 108 Å². The summed E-state index contributed by atoms with van der Waals surface area (Å²) in [6, 6.07) is 10.4. The van der Waals surface area contributed by atoms with Gasteiger partial charge in [0.1, 0.15) is 18.5 Å². The van der Waals surface area contributed by atoms with Crippen molar-refractivity contribution in [2.24, 2.45) is 0 Å². The Morgan fingerprint density at radius 2 is 1.89 bits per heavy atom. The number of nitrogens with zero attached hydrogens (tertiary/aromatic N) is 5. The van der Waals surface area contributed by atoms with E-state index in [9.17, 15) is 0 Å². The van der Waals surface area contributed by atoms with Crippen LogP contribution in [0.3, 0.4) is 0 Å². The molecule has 0 aliphatic carbocycles. The first-order valence-corrected chi connectivity index (χ1v) is 5.16. The minimum atomic E-state index is 0.0397. The van der Waals surface area contributed by atoms with E-state index < -0.39 is 0 Å². The van der Waals surface area contributed by atoms with Gasteiger partial charge in [0.15, 0.2) is 11.4 Å². The van der Waals surface area contributed by atoms with Gasteiger partial charge in [0, 0.05) is 0 Å². The van der Waals surface area contributed by atoms with Gasteiger partial charge in [0.05, 0.1) is 22.3 Å². The fraction of sp³-hybridized carbons (Fsp3) is 0. The highest BCUT2D eigenvalue weighted by molar-refractivity contribution is 6.32. The number of imidazole rings is 1. The summed E-state index contributed by atoms with van der Waals surface area (Å²) in [7, 11) is 0. The van der Waals surface area contributed by atoms with E-state index in [0.717, 1.165) is 0 Å². The molecule has 1 aromatic heterocycles. The molecule has 1 heterocycles. The molecule has 1 aromatic carbocycles. The minimum Gasteiger partial charge on any atom is -0.288 e. The van der Waals surface area contributed by atoms with E-state index in [1.165, 1.54) is 17.0 Å². The van der Waals surface area contributed by atoms with Gasteiger partial charge in [0.2, 0.25) is 0 Å². The Balaban J connectivity index is 2.65. The topological polar surface area (TPSA) is 89.2 Å². The van der Waals surface area contributed by atoms with Gasteiger partial charge in [-0.25, -0.2) is 4.98 Å². The molecule has 0 saturated heterocycles. The van der Waals surface area contributed by atoms with Crippen molar-refractivity contribution < 1.29 is 0 Å². The first-order valence-electron chi connectivity index (χ1n) is 4.79. The standard InChI is InChI=1S/C12H4ClN5/c13-9-3-8(4-14)1-2-11(9)18-7-17-10(5-15)12(18)6-16/h1-3,7H. The van der Waals surface area contributed by atoms with Crippen LogP contribution in [0, 0.1) is 34.0 Å². The van der Waals surface area contributed by atoms with Gasteiger partial charge >= 0.3 is 0 Å². The molecule has 84 valence electrons. The fourth-order valence-corrected chi connectivity index (χ4v) is 1.76. The van der Waals surface area contributed by atoms with Crippen molar-refractivity contribution >= 4 is 11.6 Å². The summed E-state index contributed by atoms with van der Waals surface area (Å²) >= 11 is 6.03. The Morgan fingerprint density at radius 3 is 2.44 bits per heavy atom. The fourth-order valence-electron chi connectivity index (χ4n) is 1.49. The number of nitriles is 3. The predicted octanol–water partition coefficient (Wildman–Crippen LogP) is 2.14. The van der Waals surface area contributed by atoms with Crippen molar-refractivity contribution in [2.75, 3.05) is 0 Å². The second kappa shape index (κ2) is 4.59.